The molecule has 1 fully saturated rings. The molecule has 1 heterocycles. The lowest BCUT2D eigenvalue weighted by molar-refractivity contribution is -0.138. The van der Waals surface area contributed by atoms with Crippen LogP contribution in [-0.4, -0.2) is 77.6 Å². The van der Waals surface area contributed by atoms with Crippen molar-refractivity contribution in [2.45, 2.75) is 39.2 Å². The molecule has 0 spiro atoms. The number of amides is 2. The fourth-order valence-electron chi connectivity index (χ4n) is 2.73. The normalized spacial score (nSPS) is 17.1. The zero-order chi connectivity index (χ0) is 15.1. The van der Waals surface area contributed by atoms with Crippen LogP contribution < -0.4 is 0 Å². The highest BCUT2D eigenvalue weighted by molar-refractivity contribution is 5.74. The van der Waals surface area contributed by atoms with Crippen molar-refractivity contribution in [3.05, 3.63) is 0 Å². The number of carboxylic acid groups (broad SMARTS) is 1. The van der Waals surface area contributed by atoms with Crippen LogP contribution in [0.1, 0.15) is 33.1 Å². The summed E-state index contributed by atoms with van der Waals surface area (Å²) < 4.78 is 0. The van der Waals surface area contributed by atoms with Crippen LogP contribution in [0.15, 0.2) is 0 Å². The van der Waals surface area contributed by atoms with Crippen molar-refractivity contribution >= 4 is 12.0 Å². The molecule has 116 valence electrons. The minimum Gasteiger partial charge on any atom is -0.480 e. The number of rotatable bonds is 5. The minimum atomic E-state index is -0.807. The van der Waals surface area contributed by atoms with Crippen LogP contribution >= 0.6 is 0 Å². The van der Waals surface area contributed by atoms with Crippen LogP contribution in [0.5, 0.6) is 0 Å². The number of nitrogens with zero attached hydrogens (tertiary/aromatic N) is 3. The molecule has 1 rings (SSSR count). The first-order valence-electron chi connectivity index (χ1n) is 7.45. The smallest absolute Gasteiger partial charge is 0.320 e. The molecular formula is C14H27N3O3. The molecule has 2 amide bonds. The van der Waals surface area contributed by atoms with Crippen LogP contribution in [0.25, 0.3) is 0 Å². The lowest BCUT2D eigenvalue weighted by Gasteiger charge is -2.32. The van der Waals surface area contributed by atoms with Crippen molar-refractivity contribution < 1.29 is 14.7 Å². The molecule has 1 aliphatic rings. The highest BCUT2D eigenvalue weighted by atomic mass is 16.4. The molecule has 6 heteroatoms. The third-order valence-corrected chi connectivity index (χ3v) is 4.01. The predicted octanol–water partition coefficient (Wildman–Crippen LogP) is 1.32. The van der Waals surface area contributed by atoms with E-state index in [0.717, 1.165) is 25.8 Å². The zero-order valence-electron chi connectivity index (χ0n) is 12.8. The number of carbonyl (C=O) groups excluding carboxylic acids is 1. The van der Waals surface area contributed by atoms with E-state index >= 15 is 0 Å². The zero-order valence-corrected chi connectivity index (χ0v) is 12.8. The third kappa shape index (κ3) is 4.67. The maximum Gasteiger partial charge on any atom is 0.320 e. The fourth-order valence-corrected chi connectivity index (χ4v) is 2.73. The Morgan fingerprint density at radius 2 is 1.80 bits per heavy atom. The Hall–Kier alpha value is -1.30. The Morgan fingerprint density at radius 3 is 2.35 bits per heavy atom. The molecule has 6 nitrogen and oxygen atoms in total. The monoisotopic (exact) mass is 285 g/mol. The van der Waals surface area contributed by atoms with Crippen LogP contribution in [0.2, 0.25) is 0 Å². The third-order valence-electron chi connectivity index (χ3n) is 4.01. The van der Waals surface area contributed by atoms with Gasteiger partial charge in [-0.25, -0.2) is 4.79 Å². The highest BCUT2D eigenvalue weighted by Crippen LogP contribution is 2.11. The summed E-state index contributed by atoms with van der Waals surface area (Å²) >= 11 is 0. The lowest BCUT2D eigenvalue weighted by Crippen LogP contribution is -2.47. The van der Waals surface area contributed by atoms with Gasteiger partial charge in [0.1, 0.15) is 0 Å². The molecule has 0 saturated carbocycles. The van der Waals surface area contributed by atoms with Gasteiger partial charge in [-0.15, -0.1) is 0 Å². The summed E-state index contributed by atoms with van der Waals surface area (Å²) in [5.41, 5.74) is 0. The summed E-state index contributed by atoms with van der Waals surface area (Å²) in [4.78, 5) is 28.8. The average molecular weight is 285 g/mol. The molecule has 0 bridgehead atoms. The Labute approximate surface area is 121 Å². The molecule has 0 aromatic heterocycles. The van der Waals surface area contributed by atoms with Gasteiger partial charge in [-0.3, -0.25) is 9.69 Å². The number of carbonyl (C=O) groups is 2. The molecule has 0 aromatic carbocycles. The molecule has 1 saturated heterocycles. The van der Waals surface area contributed by atoms with Gasteiger partial charge in [0.15, 0.2) is 0 Å². The maximum absolute atomic E-state index is 12.5. The van der Waals surface area contributed by atoms with Crippen molar-refractivity contribution in [1.29, 1.82) is 0 Å². The first kappa shape index (κ1) is 16.8. The molecule has 1 aliphatic heterocycles. The molecule has 0 atom stereocenters. The van der Waals surface area contributed by atoms with E-state index in [-0.39, 0.29) is 18.6 Å². The molecule has 0 aromatic rings. The van der Waals surface area contributed by atoms with Gasteiger partial charge in [-0.05, 0) is 19.3 Å². The highest BCUT2D eigenvalue weighted by Gasteiger charge is 2.25. The first-order chi connectivity index (χ1) is 9.49. The summed E-state index contributed by atoms with van der Waals surface area (Å²) in [6.45, 7) is 6.93. The topological polar surface area (TPSA) is 64.1 Å². The van der Waals surface area contributed by atoms with E-state index in [4.69, 9.17) is 5.11 Å². The van der Waals surface area contributed by atoms with Gasteiger partial charge in [0, 0.05) is 39.3 Å². The first-order valence-corrected chi connectivity index (χ1v) is 7.45. The van der Waals surface area contributed by atoms with E-state index < -0.39 is 5.97 Å². The summed E-state index contributed by atoms with van der Waals surface area (Å²) in [6, 6.07) is 0.344. The van der Waals surface area contributed by atoms with Gasteiger partial charge >= 0.3 is 12.0 Å². The van der Waals surface area contributed by atoms with Crippen LogP contribution in [0.3, 0.4) is 0 Å². The van der Waals surface area contributed by atoms with E-state index in [2.05, 4.69) is 13.8 Å². The van der Waals surface area contributed by atoms with Gasteiger partial charge in [-0.1, -0.05) is 13.8 Å². The largest absolute Gasteiger partial charge is 0.480 e. The van der Waals surface area contributed by atoms with E-state index in [1.807, 2.05) is 21.7 Å². The Balaban J connectivity index is 2.55. The van der Waals surface area contributed by atoms with Crippen molar-refractivity contribution in [3.8, 4) is 0 Å². The van der Waals surface area contributed by atoms with Gasteiger partial charge in [0.2, 0.25) is 0 Å². The summed E-state index contributed by atoms with van der Waals surface area (Å²) in [5.74, 6) is -0.807. The van der Waals surface area contributed by atoms with Gasteiger partial charge < -0.3 is 14.9 Å². The second kappa shape index (κ2) is 8.09. The Bertz CT molecular complexity index is 332. The number of aliphatic carboxylic acids is 1. The van der Waals surface area contributed by atoms with Gasteiger partial charge in [0.05, 0.1) is 6.54 Å². The molecule has 20 heavy (non-hydrogen) atoms. The summed E-state index contributed by atoms with van der Waals surface area (Å²) in [7, 11) is 1.86. The summed E-state index contributed by atoms with van der Waals surface area (Å²) in [5, 5.41) is 8.83. The molecule has 0 unspecified atom stereocenters. The standard InChI is InChI=1S/C14H27N3O3/c1-4-12(5-2)15(3)14(20)17-8-6-7-16(9-10-17)11-13(18)19/h12H,4-11H2,1-3H3,(H,18,19). The van der Waals surface area contributed by atoms with Crippen LogP contribution in [0.4, 0.5) is 4.79 Å². The van der Waals surface area contributed by atoms with Crippen molar-refractivity contribution in [2.24, 2.45) is 0 Å². The average Bonchev–Trinajstić information content (AvgIpc) is 2.64. The Morgan fingerprint density at radius 1 is 1.15 bits per heavy atom. The summed E-state index contributed by atoms with van der Waals surface area (Å²) in [6.07, 6.45) is 2.74. The quantitative estimate of drug-likeness (QED) is 0.827. The lowest BCUT2D eigenvalue weighted by atomic mass is 10.1. The second-order valence-electron chi connectivity index (χ2n) is 5.37. The van der Waals surface area contributed by atoms with Crippen LogP contribution in [0, 0.1) is 0 Å². The van der Waals surface area contributed by atoms with Crippen molar-refractivity contribution in [1.82, 2.24) is 14.7 Å². The number of hydrogen-bond donors (Lipinski definition) is 1. The second-order valence-corrected chi connectivity index (χ2v) is 5.37. The molecule has 0 radical (unpaired) electrons. The molecule has 0 aliphatic carbocycles. The number of hydrogen-bond acceptors (Lipinski definition) is 3. The molecular weight excluding hydrogens is 258 g/mol. The van der Waals surface area contributed by atoms with Crippen LogP contribution in [-0.2, 0) is 4.79 Å². The van der Waals surface area contributed by atoms with E-state index in [9.17, 15) is 9.59 Å². The SMILES string of the molecule is CCC(CC)N(C)C(=O)N1CCCN(CC(=O)O)CC1. The molecule has 1 N–H and O–H groups in total. The maximum atomic E-state index is 12.5. The van der Waals surface area contributed by atoms with E-state index in [1.54, 1.807) is 0 Å². The van der Waals surface area contributed by atoms with E-state index in [1.165, 1.54) is 0 Å². The van der Waals surface area contributed by atoms with Gasteiger partial charge in [-0.2, -0.15) is 0 Å². The van der Waals surface area contributed by atoms with Crippen molar-refractivity contribution in [2.75, 3.05) is 39.8 Å². The number of urea groups is 1. The van der Waals surface area contributed by atoms with Gasteiger partial charge in [0.25, 0.3) is 0 Å². The van der Waals surface area contributed by atoms with Crippen molar-refractivity contribution in [3.63, 3.8) is 0 Å². The number of carboxylic acids is 1. The fraction of sp³-hybridized carbons (Fsp3) is 0.857. The minimum absolute atomic E-state index is 0.0599. The predicted molar refractivity (Wildman–Crippen MR) is 77.8 cm³/mol. The van der Waals surface area contributed by atoms with E-state index in [0.29, 0.717) is 19.6 Å². The Kier molecular flexibility index (Phi) is 6.78.